The van der Waals surface area contributed by atoms with Crippen molar-refractivity contribution in [2.75, 3.05) is 0 Å². The third-order valence-electron chi connectivity index (χ3n) is 3.19. The van der Waals surface area contributed by atoms with Gasteiger partial charge in [0, 0.05) is 0 Å². The zero-order valence-corrected chi connectivity index (χ0v) is 9.79. The molecule has 0 heterocycles. The minimum Gasteiger partial charge on any atom is -0.481 e. The smallest absolute Gasteiger partial charge is 0.309 e. The molecule has 2 atom stereocenters. The van der Waals surface area contributed by atoms with E-state index in [1.54, 1.807) is 13.8 Å². The molecule has 3 nitrogen and oxygen atoms in total. The molecule has 0 spiro atoms. The van der Waals surface area contributed by atoms with Crippen molar-refractivity contribution in [1.82, 2.24) is 0 Å². The van der Waals surface area contributed by atoms with Crippen molar-refractivity contribution in [2.45, 2.75) is 53.6 Å². The van der Waals surface area contributed by atoms with Gasteiger partial charge in [0.25, 0.3) is 0 Å². The van der Waals surface area contributed by atoms with E-state index in [1.165, 1.54) is 0 Å². The molecule has 0 rings (SSSR count). The van der Waals surface area contributed by atoms with E-state index in [9.17, 15) is 15.0 Å². The SMILES string of the molecule is CC(O)CCC(C)(C(=O)O)C(C)(C)C. The molecular formula is C11H22O3. The zero-order valence-electron chi connectivity index (χ0n) is 9.79. The van der Waals surface area contributed by atoms with Gasteiger partial charge < -0.3 is 10.2 Å². The third kappa shape index (κ3) is 2.98. The van der Waals surface area contributed by atoms with Gasteiger partial charge in [-0.15, -0.1) is 0 Å². The van der Waals surface area contributed by atoms with Crippen molar-refractivity contribution in [3.8, 4) is 0 Å². The average Bonchev–Trinajstić information content (AvgIpc) is 1.97. The minimum atomic E-state index is -0.786. The number of carboxylic acid groups (broad SMARTS) is 1. The molecule has 0 aromatic rings. The Morgan fingerprint density at radius 1 is 1.29 bits per heavy atom. The van der Waals surface area contributed by atoms with Crippen LogP contribution in [-0.2, 0) is 4.79 Å². The Kier molecular flexibility index (Phi) is 4.13. The van der Waals surface area contributed by atoms with E-state index in [0.29, 0.717) is 12.8 Å². The van der Waals surface area contributed by atoms with Gasteiger partial charge in [-0.2, -0.15) is 0 Å². The molecule has 0 saturated heterocycles. The second-order valence-electron chi connectivity index (χ2n) is 5.27. The van der Waals surface area contributed by atoms with Crippen molar-refractivity contribution in [3.63, 3.8) is 0 Å². The molecule has 0 bridgehead atoms. The fourth-order valence-corrected chi connectivity index (χ4v) is 1.30. The molecule has 2 N–H and O–H groups in total. The Labute approximate surface area is 86.1 Å². The summed E-state index contributed by atoms with van der Waals surface area (Å²) in [6, 6.07) is 0. The predicted octanol–water partition coefficient (Wildman–Crippen LogP) is 2.28. The Bertz CT molecular complexity index is 203. The summed E-state index contributed by atoms with van der Waals surface area (Å²) in [7, 11) is 0. The lowest BCUT2D eigenvalue weighted by Crippen LogP contribution is -2.40. The number of aliphatic hydroxyl groups excluding tert-OH is 1. The molecule has 3 heteroatoms. The summed E-state index contributed by atoms with van der Waals surface area (Å²) in [6.45, 7) is 9.19. The molecule has 0 aliphatic carbocycles. The molecule has 0 saturated carbocycles. The maximum absolute atomic E-state index is 11.2. The van der Waals surface area contributed by atoms with E-state index in [0.717, 1.165) is 0 Å². The molecule has 0 aromatic carbocycles. The van der Waals surface area contributed by atoms with Crippen LogP contribution in [0.1, 0.15) is 47.5 Å². The molecule has 0 aliphatic rings. The number of rotatable bonds is 4. The summed E-state index contributed by atoms with van der Waals surface area (Å²) >= 11 is 0. The first-order valence-corrected chi connectivity index (χ1v) is 5.03. The number of carbonyl (C=O) groups is 1. The van der Waals surface area contributed by atoms with E-state index >= 15 is 0 Å². The van der Waals surface area contributed by atoms with Crippen LogP contribution >= 0.6 is 0 Å². The Morgan fingerprint density at radius 3 is 1.93 bits per heavy atom. The van der Waals surface area contributed by atoms with Crippen LogP contribution in [0.3, 0.4) is 0 Å². The second kappa shape index (κ2) is 4.30. The summed E-state index contributed by atoms with van der Waals surface area (Å²) in [4.78, 5) is 11.2. The van der Waals surface area contributed by atoms with E-state index < -0.39 is 17.5 Å². The summed E-state index contributed by atoms with van der Waals surface area (Å²) in [5.41, 5.74) is -1.07. The van der Waals surface area contributed by atoms with Gasteiger partial charge in [-0.1, -0.05) is 20.8 Å². The van der Waals surface area contributed by atoms with E-state index in [1.807, 2.05) is 20.8 Å². The van der Waals surface area contributed by atoms with Crippen molar-refractivity contribution in [2.24, 2.45) is 10.8 Å². The lowest BCUT2D eigenvalue weighted by atomic mass is 9.65. The Hall–Kier alpha value is -0.570. The van der Waals surface area contributed by atoms with Crippen molar-refractivity contribution >= 4 is 5.97 Å². The van der Waals surface area contributed by atoms with Crippen LogP contribution in [0, 0.1) is 10.8 Å². The molecular weight excluding hydrogens is 180 g/mol. The molecule has 0 aromatic heterocycles. The largest absolute Gasteiger partial charge is 0.481 e. The van der Waals surface area contributed by atoms with Crippen LogP contribution in [-0.4, -0.2) is 22.3 Å². The van der Waals surface area contributed by atoms with Gasteiger partial charge in [0.2, 0.25) is 0 Å². The number of hydrogen-bond acceptors (Lipinski definition) is 2. The van der Waals surface area contributed by atoms with Crippen LogP contribution in [0.15, 0.2) is 0 Å². The second-order valence-corrected chi connectivity index (χ2v) is 5.27. The van der Waals surface area contributed by atoms with Gasteiger partial charge in [0.1, 0.15) is 0 Å². The van der Waals surface area contributed by atoms with Crippen molar-refractivity contribution < 1.29 is 15.0 Å². The van der Waals surface area contributed by atoms with Gasteiger partial charge in [-0.05, 0) is 32.1 Å². The highest BCUT2D eigenvalue weighted by atomic mass is 16.4. The number of carboxylic acids is 1. The van der Waals surface area contributed by atoms with Crippen LogP contribution in [0.4, 0.5) is 0 Å². The summed E-state index contributed by atoms with van der Waals surface area (Å²) in [5.74, 6) is -0.786. The van der Waals surface area contributed by atoms with Crippen molar-refractivity contribution in [3.05, 3.63) is 0 Å². The van der Waals surface area contributed by atoms with Gasteiger partial charge in [0.05, 0.1) is 11.5 Å². The first-order chi connectivity index (χ1) is 6.11. The van der Waals surface area contributed by atoms with Gasteiger partial charge in [-0.25, -0.2) is 0 Å². The number of aliphatic carboxylic acids is 1. The first kappa shape index (κ1) is 13.4. The summed E-state index contributed by atoms with van der Waals surface area (Å²) < 4.78 is 0. The minimum absolute atomic E-state index is 0.298. The van der Waals surface area contributed by atoms with Gasteiger partial charge in [-0.3, -0.25) is 4.79 Å². The fraction of sp³-hybridized carbons (Fsp3) is 0.909. The van der Waals surface area contributed by atoms with Crippen LogP contribution < -0.4 is 0 Å². The Morgan fingerprint density at radius 2 is 1.71 bits per heavy atom. The van der Waals surface area contributed by atoms with Crippen LogP contribution in [0.25, 0.3) is 0 Å². The normalized spacial score (nSPS) is 18.7. The van der Waals surface area contributed by atoms with E-state index in [2.05, 4.69) is 0 Å². The highest BCUT2D eigenvalue weighted by Gasteiger charge is 2.43. The van der Waals surface area contributed by atoms with E-state index in [4.69, 9.17) is 0 Å². The maximum Gasteiger partial charge on any atom is 0.309 e. The molecule has 0 amide bonds. The highest BCUT2D eigenvalue weighted by molar-refractivity contribution is 5.75. The molecule has 0 radical (unpaired) electrons. The van der Waals surface area contributed by atoms with Gasteiger partial charge >= 0.3 is 5.97 Å². The molecule has 14 heavy (non-hydrogen) atoms. The lowest BCUT2D eigenvalue weighted by molar-refractivity contribution is -0.155. The third-order valence-corrected chi connectivity index (χ3v) is 3.19. The summed E-state index contributed by atoms with van der Waals surface area (Å²) in [5, 5.41) is 18.4. The topological polar surface area (TPSA) is 57.5 Å². The molecule has 2 unspecified atom stereocenters. The standard InChI is InChI=1S/C11H22O3/c1-8(12)6-7-11(5,9(13)14)10(2,3)4/h8,12H,6-7H2,1-5H3,(H,13,14). The Balaban J connectivity index is 4.67. The molecule has 84 valence electrons. The molecule has 0 fully saturated rings. The molecule has 0 aliphatic heterocycles. The van der Waals surface area contributed by atoms with Gasteiger partial charge in [0.15, 0.2) is 0 Å². The first-order valence-electron chi connectivity index (χ1n) is 5.03. The fourth-order valence-electron chi connectivity index (χ4n) is 1.30. The monoisotopic (exact) mass is 202 g/mol. The summed E-state index contributed by atoms with van der Waals surface area (Å²) in [6.07, 6.45) is 0.597. The quantitative estimate of drug-likeness (QED) is 0.735. The highest BCUT2D eigenvalue weighted by Crippen LogP contribution is 2.42. The average molecular weight is 202 g/mol. The number of hydrogen-bond donors (Lipinski definition) is 2. The number of aliphatic hydroxyl groups is 1. The predicted molar refractivity (Wildman–Crippen MR) is 56.1 cm³/mol. The lowest BCUT2D eigenvalue weighted by Gasteiger charge is -2.38. The zero-order chi connectivity index (χ0) is 11.6. The van der Waals surface area contributed by atoms with Crippen molar-refractivity contribution in [1.29, 1.82) is 0 Å². The van der Waals surface area contributed by atoms with Crippen LogP contribution in [0.5, 0.6) is 0 Å². The van der Waals surface area contributed by atoms with E-state index in [-0.39, 0.29) is 5.41 Å². The van der Waals surface area contributed by atoms with Crippen LogP contribution in [0.2, 0.25) is 0 Å². The maximum atomic E-state index is 11.2.